The molecule has 0 saturated carbocycles. The Morgan fingerprint density at radius 3 is 2.26 bits per heavy atom. The lowest BCUT2D eigenvalue weighted by Crippen LogP contribution is -2.56. The Morgan fingerprint density at radius 2 is 1.62 bits per heavy atom. The number of nitrogens with zero attached hydrogens (tertiary/aromatic N) is 1. The fraction of sp³-hybridized carbons (Fsp3) is 0.615. The van der Waals surface area contributed by atoms with Crippen LogP contribution in [0.5, 0.6) is 5.75 Å². The van der Waals surface area contributed by atoms with Gasteiger partial charge in [-0.25, -0.2) is 0 Å². The lowest BCUT2D eigenvalue weighted by molar-refractivity contribution is -0.241. The molecule has 13 heteroatoms. The molecule has 10 atom stereocenters. The molecule has 2 saturated heterocycles. The highest BCUT2D eigenvalue weighted by molar-refractivity contribution is 5.87. The number of aryl methyl sites for hydroxylation is 1. The molecule has 1 aromatic heterocycles. The molecule has 0 amide bonds. The minimum Gasteiger partial charge on any atom is -0.507 e. The van der Waals surface area contributed by atoms with E-state index in [2.05, 4.69) is 4.99 Å². The van der Waals surface area contributed by atoms with Crippen molar-refractivity contribution in [2.45, 2.75) is 94.8 Å². The number of fused-ring (bicyclic) bond motifs is 1. The summed E-state index contributed by atoms with van der Waals surface area (Å²) < 4.78 is 17.0. The van der Waals surface area contributed by atoms with Gasteiger partial charge in [0.15, 0.2) is 11.7 Å². The van der Waals surface area contributed by atoms with Gasteiger partial charge in [-0.05, 0) is 31.9 Å². The predicted octanol–water partition coefficient (Wildman–Crippen LogP) is -1.46. The number of aliphatic hydroxyl groups excluding tert-OH is 7. The van der Waals surface area contributed by atoms with Gasteiger partial charge >= 0.3 is 0 Å². The van der Waals surface area contributed by atoms with Crippen molar-refractivity contribution in [1.82, 2.24) is 0 Å². The smallest absolute Gasteiger partial charge is 0.193 e. The Kier molecular flexibility index (Phi) is 8.76. The van der Waals surface area contributed by atoms with Crippen LogP contribution in [0.1, 0.15) is 43.3 Å². The summed E-state index contributed by atoms with van der Waals surface area (Å²) in [5, 5.41) is 82.6. The fourth-order valence-corrected chi connectivity index (χ4v) is 5.24. The fourth-order valence-electron chi connectivity index (χ4n) is 5.24. The van der Waals surface area contributed by atoms with Gasteiger partial charge in [-0.2, -0.15) is 0 Å². The van der Waals surface area contributed by atoms with E-state index in [1.54, 1.807) is 20.8 Å². The second-order valence-corrected chi connectivity index (χ2v) is 10.1. The molecule has 39 heavy (non-hydrogen) atoms. The number of ether oxygens (including phenoxy) is 2. The first-order valence-corrected chi connectivity index (χ1v) is 12.7. The van der Waals surface area contributed by atoms with Crippen molar-refractivity contribution >= 4 is 16.7 Å². The molecule has 4 rings (SSSR count). The molecule has 3 heterocycles. The van der Waals surface area contributed by atoms with Gasteiger partial charge in [-0.15, -0.1) is 0 Å². The van der Waals surface area contributed by atoms with E-state index >= 15 is 0 Å². The zero-order valence-corrected chi connectivity index (χ0v) is 21.7. The van der Waals surface area contributed by atoms with Gasteiger partial charge in [0.1, 0.15) is 65.9 Å². The van der Waals surface area contributed by atoms with Crippen LogP contribution in [0.2, 0.25) is 0 Å². The molecule has 8 N–H and O–H groups in total. The predicted molar refractivity (Wildman–Crippen MR) is 135 cm³/mol. The number of aliphatic imine (C=N–C) groups is 1. The van der Waals surface area contributed by atoms with E-state index in [0.29, 0.717) is 17.7 Å². The number of phenols is 1. The van der Waals surface area contributed by atoms with Crippen LogP contribution in [0.4, 0.5) is 0 Å². The number of benzene rings is 1. The zero-order chi connectivity index (χ0) is 28.8. The molecule has 2 aromatic rings. The van der Waals surface area contributed by atoms with Crippen LogP contribution in [-0.2, 0) is 15.9 Å². The highest BCUT2D eigenvalue weighted by atomic mass is 16.6. The third-order valence-corrected chi connectivity index (χ3v) is 7.33. The molecule has 0 spiro atoms. The van der Waals surface area contributed by atoms with Gasteiger partial charge < -0.3 is 54.7 Å². The lowest BCUT2D eigenvalue weighted by Gasteiger charge is -2.40. The van der Waals surface area contributed by atoms with Gasteiger partial charge in [-0.3, -0.25) is 9.79 Å². The number of aromatic hydroxyl groups is 1. The lowest BCUT2D eigenvalue weighted by atomic mass is 9.89. The average Bonchev–Trinajstić information content (AvgIpc) is 2.88. The minimum absolute atomic E-state index is 0.0722. The van der Waals surface area contributed by atoms with Crippen LogP contribution in [-0.4, -0.2) is 108 Å². The molecular formula is C26H35NO12. The van der Waals surface area contributed by atoms with Gasteiger partial charge in [0.25, 0.3) is 0 Å². The van der Waals surface area contributed by atoms with Crippen LogP contribution in [0.25, 0.3) is 11.0 Å². The summed E-state index contributed by atoms with van der Waals surface area (Å²) in [5.74, 6) is -0.322. The molecule has 216 valence electrons. The first-order chi connectivity index (χ1) is 18.4. The molecule has 2 fully saturated rings. The second-order valence-electron chi connectivity index (χ2n) is 10.1. The quantitative estimate of drug-likeness (QED) is 0.192. The van der Waals surface area contributed by atoms with Gasteiger partial charge in [0.05, 0.1) is 23.7 Å². The zero-order valence-electron chi connectivity index (χ0n) is 21.7. The van der Waals surface area contributed by atoms with E-state index in [1.807, 2.05) is 0 Å². The maximum atomic E-state index is 13.1. The molecular weight excluding hydrogens is 518 g/mol. The SMILES string of the molecule is CCC1OC(O)C(/N=C(\C)Cc2cc(=O)c3c(C)cc(O)c(C4OC(CO)C(O)C(O)C4O)c3o2)C(O)C1O. The van der Waals surface area contributed by atoms with Crippen molar-refractivity contribution in [2.24, 2.45) is 4.99 Å². The van der Waals surface area contributed by atoms with Crippen LogP contribution in [0.15, 0.2) is 26.3 Å². The molecule has 0 bridgehead atoms. The summed E-state index contributed by atoms with van der Waals surface area (Å²) in [6, 6.07) is 1.31. The summed E-state index contributed by atoms with van der Waals surface area (Å²) in [5.41, 5.74) is -0.0791. The normalized spacial score (nSPS) is 35.9. The summed E-state index contributed by atoms with van der Waals surface area (Å²) >= 11 is 0. The van der Waals surface area contributed by atoms with Gasteiger partial charge in [0.2, 0.25) is 0 Å². The summed E-state index contributed by atoms with van der Waals surface area (Å²) in [4.78, 5) is 17.4. The maximum absolute atomic E-state index is 13.1. The van der Waals surface area contributed by atoms with Gasteiger partial charge in [-0.1, -0.05) is 6.92 Å². The first kappa shape index (κ1) is 29.5. The van der Waals surface area contributed by atoms with Crippen molar-refractivity contribution in [3.8, 4) is 5.75 Å². The molecule has 1 aromatic carbocycles. The third-order valence-electron chi connectivity index (χ3n) is 7.33. The van der Waals surface area contributed by atoms with Crippen molar-refractivity contribution < 1.29 is 54.7 Å². The molecule has 2 aliphatic heterocycles. The summed E-state index contributed by atoms with van der Waals surface area (Å²) in [6.45, 7) is 4.19. The maximum Gasteiger partial charge on any atom is 0.193 e. The summed E-state index contributed by atoms with van der Waals surface area (Å²) in [6.07, 6.45) is -12.4. The second kappa shape index (κ2) is 11.6. The summed E-state index contributed by atoms with van der Waals surface area (Å²) in [7, 11) is 0. The van der Waals surface area contributed by atoms with Crippen molar-refractivity contribution in [1.29, 1.82) is 0 Å². The van der Waals surface area contributed by atoms with Crippen LogP contribution in [0.3, 0.4) is 0 Å². The highest BCUT2D eigenvalue weighted by Gasteiger charge is 2.46. The Bertz CT molecular complexity index is 1280. The molecule has 0 aliphatic carbocycles. The Hall–Kier alpha value is -2.46. The van der Waals surface area contributed by atoms with Gasteiger partial charge in [0, 0.05) is 18.2 Å². The largest absolute Gasteiger partial charge is 0.507 e. The standard InChI is InChI=1S/C26H35NO12/c1-4-14-19(31)21(33)18(26(36)39-14)27-10(3)6-11-7-13(30)16-9(2)5-12(29)17(24(16)37-11)25-23(35)22(34)20(32)15(8-28)38-25/h5,7,14-15,18-23,25-26,28-29,31-36H,4,6,8H2,1-3H3/b27-10+. The number of phenolic OH excluding ortho intramolecular Hbond substituents is 1. The minimum atomic E-state index is -1.73. The monoisotopic (exact) mass is 553 g/mol. The Labute approximate surface area is 223 Å². The molecule has 10 unspecified atom stereocenters. The highest BCUT2D eigenvalue weighted by Crippen LogP contribution is 2.41. The van der Waals surface area contributed by atoms with Crippen molar-refractivity contribution in [2.75, 3.05) is 6.61 Å². The molecule has 2 aliphatic rings. The number of hydrogen-bond donors (Lipinski definition) is 8. The van der Waals surface area contributed by atoms with E-state index in [1.165, 1.54) is 12.1 Å². The Morgan fingerprint density at radius 1 is 0.949 bits per heavy atom. The molecule has 0 radical (unpaired) electrons. The van der Waals surface area contributed by atoms with Crippen molar-refractivity contribution in [3.63, 3.8) is 0 Å². The van der Waals surface area contributed by atoms with E-state index in [9.17, 15) is 45.6 Å². The average molecular weight is 554 g/mol. The Balaban J connectivity index is 1.73. The first-order valence-electron chi connectivity index (χ1n) is 12.7. The number of rotatable bonds is 6. The van der Waals surface area contributed by atoms with E-state index < -0.39 is 78.9 Å². The third kappa shape index (κ3) is 5.46. The van der Waals surface area contributed by atoms with Crippen molar-refractivity contribution in [3.05, 3.63) is 39.2 Å². The van der Waals surface area contributed by atoms with E-state index in [-0.39, 0.29) is 28.7 Å². The number of hydrogen-bond acceptors (Lipinski definition) is 13. The van der Waals surface area contributed by atoms with E-state index in [0.717, 1.165) is 0 Å². The van der Waals surface area contributed by atoms with Crippen LogP contribution >= 0.6 is 0 Å². The topological polar surface area (TPSA) is 223 Å². The van der Waals surface area contributed by atoms with Crippen LogP contribution < -0.4 is 5.43 Å². The molecule has 13 nitrogen and oxygen atoms in total. The van der Waals surface area contributed by atoms with E-state index in [4.69, 9.17) is 13.9 Å². The van der Waals surface area contributed by atoms with Crippen LogP contribution in [0, 0.1) is 6.92 Å². The number of aliphatic hydroxyl groups is 7.